The molecule has 0 atom stereocenters. The number of carbonyl (C=O) groups excluding carboxylic acids is 1. The summed E-state index contributed by atoms with van der Waals surface area (Å²) in [4.78, 5) is 12.3. The number of benzene rings is 3. The fourth-order valence-electron chi connectivity index (χ4n) is 2.51. The van der Waals surface area contributed by atoms with Crippen LogP contribution in [0.15, 0.2) is 66.7 Å². The van der Waals surface area contributed by atoms with E-state index in [4.69, 9.17) is 9.47 Å². The van der Waals surface area contributed by atoms with Crippen LogP contribution in [0.5, 0.6) is 11.5 Å². The highest BCUT2D eigenvalue weighted by Crippen LogP contribution is 2.28. The number of ether oxygens (including phenoxy) is 2. The molecule has 0 fully saturated rings. The van der Waals surface area contributed by atoms with E-state index in [1.807, 2.05) is 0 Å². The Labute approximate surface area is 150 Å². The van der Waals surface area contributed by atoms with Gasteiger partial charge in [0, 0.05) is 5.56 Å². The molecule has 26 heavy (non-hydrogen) atoms. The van der Waals surface area contributed by atoms with Crippen LogP contribution >= 0.6 is 0 Å². The van der Waals surface area contributed by atoms with Gasteiger partial charge in [-0.25, -0.2) is 9.18 Å². The number of halogens is 1. The number of esters is 1. The second-order valence-corrected chi connectivity index (χ2v) is 5.64. The SMILES string of the molecule is COc1ccc(COC(=O)c2cc(-c3ccccc3F)ccc2O)cc1. The van der Waals surface area contributed by atoms with E-state index in [0.29, 0.717) is 16.9 Å². The van der Waals surface area contributed by atoms with Crippen molar-refractivity contribution in [3.8, 4) is 22.6 Å². The molecule has 0 bridgehead atoms. The number of aromatic hydroxyl groups is 1. The van der Waals surface area contributed by atoms with Gasteiger partial charge in [0.05, 0.1) is 7.11 Å². The Kier molecular flexibility index (Phi) is 5.17. The van der Waals surface area contributed by atoms with Crippen molar-refractivity contribution in [2.75, 3.05) is 7.11 Å². The fourth-order valence-corrected chi connectivity index (χ4v) is 2.51. The average Bonchev–Trinajstić information content (AvgIpc) is 2.67. The largest absolute Gasteiger partial charge is 0.507 e. The van der Waals surface area contributed by atoms with E-state index < -0.39 is 11.8 Å². The molecule has 0 amide bonds. The summed E-state index contributed by atoms with van der Waals surface area (Å²) >= 11 is 0. The van der Waals surface area contributed by atoms with Gasteiger partial charge >= 0.3 is 5.97 Å². The predicted molar refractivity (Wildman–Crippen MR) is 95.6 cm³/mol. The van der Waals surface area contributed by atoms with Crippen LogP contribution in [0.4, 0.5) is 4.39 Å². The maximum absolute atomic E-state index is 14.0. The first-order valence-electron chi connectivity index (χ1n) is 7.96. The lowest BCUT2D eigenvalue weighted by atomic mass is 10.0. The number of phenolic OH excluding ortho intramolecular Hbond substituents is 1. The van der Waals surface area contributed by atoms with Gasteiger partial charge in [0.25, 0.3) is 0 Å². The van der Waals surface area contributed by atoms with Gasteiger partial charge in [-0.3, -0.25) is 0 Å². The summed E-state index contributed by atoms with van der Waals surface area (Å²) in [6.07, 6.45) is 0. The molecule has 0 aliphatic carbocycles. The Morgan fingerprint density at radius 1 is 1.04 bits per heavy atom. The van der Waals surface area contributed by atoms with Crippen LogP contribution in [0, 0.1) is 5.82 Å². The lowest BCUT2D eigenvalue weighted by Gasteiger charge is -2.10. The summed E-state index contributed by atoms with van der Waals surface area (Å²) in [7, 11) is 1.57. The quantitative estimate of drug-likeness (QED) is 0.684. The van der Waals surface area contributed by atoms with E-state index in [9.17, 15) is 14.3 Å². The number of phenols is 1. The van der Waals surface area contributed by atoms with Crippen molar-refractivity contribution < 1.29 is 23.8 Å². The molecule has 0 aliphatic rings. The van der Waals surface area contributed by atoms with Gasteiger partial charge < -0.3 is 14.6 Å². The van der Waals surface area contributed by atoms with Gasteiger partial charge in [-0.15, -0.1) is 0 Å². The Balaban J connectivity index is 1.78. The molecular weight excluding hydrogens is 335 g/mol. The zero-order valence-electron chi connectivity index (χ0n) is 14.1. The van der Waals surface area contributed by atoms with Crippen molar-refractivity contribution >= 4 is 5.97 Å². The average molecular weight is 352 g/mol. The molecule has 0 radical (unpaired) electrons. The van der Waals surface area contributed by atoms with Crippen LogP contribution in [-0.4, -0.2) is 18.2 Å². The van der Waals surface area contributed by atoms with Gasteiger partial charge in [-0.1, -0.05) is 36.4 Å². The lowest BCUT2D eigenvalue weighted by Crippen LogP contribution is -2.06. The topological polar surface area (TPSA) is 55.8 Å². The lowest BCUT2D eigenvalue weighted by molar-refractivity contribution is 0.0469. The zero-order valence-corrected chi connectivity index (χ0v) is 14.1. The molecule has 3 aromatic carbocycles. The Bertz CT molecular complexity index is 920. The molecular formula is C21H17FO4. The molecule has 4 nitrogen and oxygen atoms in total. The molecule has 0 saturated heterocycles. The third-order valence-electron chi connectivity index (χ3n) is 3.93. The van der Waals surface area contributed by atoms with E-state index in [-0.39, 0.29) is 17.9 Å². The van der Waals surface area contributed by atoms with E-state index in [1.165, 1.54) is 18.2 Å². The van der Waals surface area contributed by atoms with E-state index in [0.717, 1.165) is 5.56 Å². The number of carbonyl (C=O) groups is 1. The highest BCUT2D eigenvalue weighted by molar-refractivity contribution is 5.94. The Morgan fingerprint density at radius 3 is 2.46 bits per heavy atom. The number of methoxy groups -OCH3 is 1. The summed E-state index contributed by atoms with van der Waals surface area (Å²) < 4.78 is 24.3. The maximum atomic E-state index is 14.0. The van der Waals surface area contributed by atoms with Gasteiger partial charge in [-0.2, -0.15) is 0 Å². The van der Waals surface area contributed by atoms with E-state index >= 15 is 0 Å². The van der Waals surface area contributed by atoms with Crippen LogP contribution < -0.4 is 4.74 Å². The molecule has 1 N–H and O–H groups in total. The molecule has 132 valence electrons. The Morgan fingerprint density at radius 2 is 1.77 bits per heavy atom. The first-order chi connectivity index (χ1) is 12.6. The Hall–Kier alpha value is -3.34. The third-order valence-corrected chi connectivity index (χ3v) is 3.93. The van der Waals surface area contributed by atoms with Crippen LogP contribution in [0.2, 0.25) is 0 Å². The molecule has 5 heteroatoms. The molecule has 0 spiro atoms. The summed E-state index contributed by atoms with van der Waals surface area (Å²) in [5, 5.41) is 9.98. The highest BCUT2D eigenvalue weighted by atomic mass is 19.1. The number of hydrogen-bond donors (Lipinski definition) is 1. The van der Waals surface area contributed by atoms with E-state index in [1.54, 1.807) is 55.6 Å². The zero-order chi connectivity index (χ0) is 18.5. The molecule has 0 heterocycles. The van der Waals surface area contributed by atoms with Gasteiger partial charge in [0.2, 0.25) is 0 Å². The molecule has 0 unspecified atom stereocenters. The van der Waals surface area contributed by atoms with Crippen molar-refractivity contribution in [2.45, 2.75) is 6.61 Å². The second-order valence-electron chi connectivity index (χ2n) is 5.64. The summed E-state index contributed by atoms with van der Waals surface area (Å²) in [6, 6.07) is 17.6. The number of rotatable bonds is 5. The molecule has 0 aliphatic heterocycles. The molecule has 3 rings (SSSR count). The third kappa shape index (κ3) is 3.83. The van der Waals surface area contributed by atoms with Crippen LogP contribution in [0.3, 0.4) is 0 Å². The minimum atomic E-state index is -0.684. The molecule has 0 saturated carbocycles. The molecule has 0 aromatic heterocycles. The standard InChI is InChI=1S/C21H17FO4/c1-25-16-9-6-14(7-10-16)13-26-21(24)18-12-15(8-11-20(18)23)17-4-2-3-5-19(17)22/h2-12,23H,13H2,1H3. The summed E-state index contributed by atoms with van der Waals surface area (Å²) in [6.45, 7) is 0.0478. The number of hydrogen-bond acceptors (Lipinski definition) is 4. The smallest absolute Gasteiger partial charge is 0.342 e. The highest BCUT2D eigenvalue weighted by Gasteiger charge is 2.15. The first-order valence-corrected chi connectivity index (χ1v) is 7.96. The van der Waals surface area contributed by atoms with Crippen molar-refractivity contribution in [1.29, 1.82) is 0 Å². The van der Waals surface area contributed by atoms with Crippen LogP contribution in [0.1, 0.15) is 15.9 Å². The van der Waals surface area contributed by atoms with Gasteiger partial charge in [0.1, 0.15) is 29.5 Å². The van der Waals surface area contributed by atoms with Crippen molar-refractivity contribution in [3.63, 3.8) is 0 Å². The van der Waals surface area contributed by atoms with Gasteiger partial charge in [0.15, 0.2) is 0 Å². The first kappa shape index (κ1) is 17.5. The monoisotopic (exact) mass is 352 g/mol. The normalized spacial score (nSPS) is 10.4. The molecule has 3 aromatic rings. The summed E-state index contributed by atoms with van der Waals surface area (Å²) in [5.41, 5.74) is 1.59. The minimum Gasteiger partial charge on any atom is -0.507 e. The summed E-state index contributed by atoms with van der Waals surface area (Å²) in [5.74, 6) is -0.604. The second kappa shape index (κ2) is 7.70. The van der Waals surface area contributed by atoms with Crippen molar-refractivity contribution in [1.82, 2.24) is 0 Å². The van der Waals surface area contributed by atoms with Crippen molar-refractivity contribution in [3.05, 3.63) is 83.7 Å². The van der Waals surface area contributed by atoms with Crippen LogP contribution in [-0.2, 0) is 11.3 Å². The van der Waals surface area contributed by atoms with E-state index in [2.05, 4.69) is 0 Å². The minimum absolute atomic E-state index is 0.0146. The van der Waals surface area contributed by atoms with Crippen LogP contribution in [0.25, 0.3) is 11.1 Å². The van der Waals surface area contributed by atoms with Gasteiger partial charge in [-0.05, 0) is 41.5 Å². The fraction of sp³-hybridized carbons (Fsp3) is 0.0952. The van der Waals surface area contributed by atoms with Crippen molar-refractivity contribution in [2.24, 2.45) is 0 Å². The maximum Gasteiger partial charge on any atom is 0.342 e. The predicted octanol–water partition coefficient (Wildman–Crippen LogP) is 4.56.